The second-order valence-corrected chi connectivity index (χ2v) is 4.95. The topological polar surface area (TPSA) is 55.0 Å². The second kappa shape index (κ2) is 4.45. The molecule has 0 saturated heterocycles. The zero-order valence-corrected chi connectivity index (χ0v) is 10.4. The lowest BCUT2D eigenvalue weighted by Crippen LogP contribution is -2.34. The monoisotopic (exact) mass is 240 g/mol. The Labute approximate surface area is 101 Å². The highest BCUT2D eigenvalue weighted by Gasteiger charge is 2.27. The van der Waals surface area contributed by atoms with Crippen molar-refractivity contribution in [3.05, 3.63) is 11.5 Å². The maximum absolute atomic E-state index is 5.92. The molecule has 1 aliphatic carbocycles. The maximum Gasteiger partial charge on any atom is 0.157 e. The van der Waals surface area contributed by atoms with Crippen LogP contribution in [0, 0.1) is 5.92 Å². The number of hydrogen-bond acceptors (Lipinski definition) is 4. The first-order chi connectivity index (χ1) is 7.59. The van der Waals surface area contributed by atoms with Gasteiger partial charge in [0.05, 0.1) is 0 Å². The van der Waals surface area contributed by atoms with E-state index in [2.05, 4.69) is 28.7 Å². The van der Waals surface area contributed by atoms with E-state index >= 15 is 0 Å². The van der Waals surface area contributed by atoms with Crippen molar-refractivity contribution in [2.75, 3.05) is 17.2 Å². The van der Waals surface area contributed by atoms with Crippen molar-refractivity contribution in [3.63, 3.8) is 0 Å². The van der Waals surface area contributed by atoms with E-state index in [4.69, 9.17) is 17.3 Å². The molecule has 1 aliphatic rings. The van der Waals surface area contributed by atoms with E-state index in [0.29, 0.717) is 16.9 Å². The van der Waals surface area contributed by atoms with Crippen LogP contribution in [-0.4, -0.2) is 22.6 Å². The number of halogens is 1. The van der Waals surface area contributed by atoms with E-state index in [1.165, 1.54) is 19.2 Å². The van der Waals surface area contributed by atoms with E-state index < -0.39 is 0 Å². The highest BCUT2D eigenvalue weighted by Crippen LogP contribution is 2.34. The lowest BCUT2D eigenvalue weighted by Gasteiger charge is -2.28. The summed E-state index contributed by atoms with van der Waals surface area (Å²) >= 11 is 5.91. The van der Waals surface area contributed by atoms with E-state index in [9.17, 15) is 0 Å². The minimum Gasteiger partial charge on any atom is -0.393 e. The van der Waals surface area contributed by atoms with Gasteiger partial charge in [0.25, 0.3) is 0 Å². The number of nitrogens with zero attached hydrogens (tertiary/aromatic N) is 3. The molecule has 0 aromatic carbocycles. The molecule has 1 aromatic rings. The fourth-order valence-electron chi connectivity index (χ4n) is 1.71. The zero-order chi connectivity index (χ0) is 11.7. The Morgan fingerprint density at radius 2 is 2.19 bits per heavy atom. The Kier molecular flexibility index (Phi) is 3.19. The number of nitrogen functional groups attached to an aromatic ring is 1. The Morgan fingerprint density at radius 1 is 1.50 bits per heavy atom. The lowest BCUT2D eigenvalue weighted by atomic mass is 10.2. The van der Waals surface area contributed by atoms with Gasteiger partial charge in [0.1, 0.15) is 12.0 Å². The zero-order valence-electron chi connectivity index (χ0n) is 9.65. The summed E-state index contributed by atoms with van der Waals surface area (Å²) in [6, 6.07) is 0.369. The van der Waals surface area contributed by atoms with Crippen LogP contribution in [0.1, 0.15) is 26.7 Å². The first-order valence-electron chi connectivity index (χ1n) is 5.62. The van der Waals surface area contributed by atoms with E-state index in [1.54, 1.807) is 0 Å². The molecule has 0 aliphatic heterocycles. The number of aromatic nitrogens is 2. The third kappa shape index (κ3) is 2.38. The van der Waals surface area contributed by atoms with E-state index in [0.717, 1.165) is 18.3 Å². The largest absolute Gasteiger partial charge is 0.393 e. The van der Waals surface area contributed by atoms with Crippen LogP contribution >= 0.6 is 11.6 Å². The van der Waals surface area contributed by atoms with Gasteiger partial charge >= 0.3 is 0 Å². The molecule has 5 heteroatoms. The minimum atomic E-state index is 0.339. The van der Waals surface area contributed by atoms with Gasteiger partial charge in [0.15, 0.2) is 11.0 Å². The summed E-state index contributed by atoms with van der Waals surface area (Å²) < 4.78 is 0. The second-order valence-electron chi connectivity index (χ2n) is 4.59. The molecular weight excluding hydrogens is 224 g/mol. The molecular formula is C11H17ClN4. The molecule has 0 radical (unpaired) electrons. The van der Waals surface area contributed by atoms with Crippen LogP contribution in [0.25, 0.3) is 0 Å². The molecule has 0 bridgehead atoms. The Morgan fingerprint density at radius 3 is 2.75 bits per heavy atom. The van der Waals surface area contributed by atoms with Crippen LogP contribution in [0.2, 0.25) is 5.15 Å². The molecule has 88 valence electrons. The molecule has 0 unspecified atom stereocenters. The average Bonchev–Trinajstić information content (AvgIpc) is 3.03. The summed E-state index contributed by atoms with van der Waals surface area (Å²) in [6.45, 7) is 5.28. The molecule has 0 amide bonds. The van der Waals surface area contributed by atoms with Crippen molar-refractivity contribution >= 4 is 23.1 Å². The Bertz CT molecular complexity index is 376. The van der Waals surface area contributed by atoms with Gasteiger partial charge in [-0.25, -0.2) is 9.97 Å². The summed E-state index contributed by atoms with van der Waals surface area (Å²) in [5, 5.41) is 0.339. The van der Waals surface area contributed by atoms with Gasteiger partial charge in [-0.05, 0) is 32.6 Å². The van der Waals surface area contributed by atoms with Crippen LogP contribution in [0.3, 0.4) is 0 Å². The first-order valence-corrected chi connectivity index (χ1v) is 6.00. The van der Waals surface area contributed by atoms with Crippen molar-refractivity contribution in [2.24, 2.45) is 5.92 Å². The third-order valence-corrected chi connectivity index (χ3v) is 3.16. The Hall–Kier alpha value is -1.03. The maximum atomic E-state index is 5.92. The van der Waals surface area contributed by atoms with Gasteiger partial charge in [0.2, 0.25) is 0 Å². The summed E-state index contributed by atoms with van der Waals surface area (Å²) in [4.78, 5) is 10.3. The smallest absolute Gasteiger partial charge is 0.157 e. The third-order valence-electron chi connectivity index (χ3n) is 2.86. The predicted molar refractivity (Wildman–Crippen MR) is 66.7 cm³/mol. The molecule has 1 aromatic heterocycles. The van der Waals surface area contributed by atoms with Crippen LogP contribution in [0.15, 0.2) is 6.33 Å². The van der Waals surface area contributed by atoms with E-state index in [-0.39, 0.29) is 0 Å². The van der Waals surface area contributed by atoms with Gasteiger partial charge in [-0.2, -0.15) is 0 Å². The van der Waals surface area contributed by atoms with Crippen molar-refractivity contribution in [1.82, 2.24) is 9.97 Å². The normalized spacial score (nSPS) is 15.5. The van der Waals surface area contributed by atoms with E-state index in [1.807, 2.05) is 0 Å². The van der Waals surface area contributed by atoms with Crippen LogP contribution < -0.4 is 10.6 Å². The number of anilines is 2. The standard InChI is InChI=1S/C11H17ClN4/c1-7(2)16(5-8-3-4-8)11-9(13)10(12)14-6-15-11/h6-8H,3-5,13H2,1-2H3. The Balaban J connectivity index is 2.26. The molecule has 16 heavy (non-hydrogen) atoms. The fraction of sp³-hybridized carbons (Fsp3) is 0.636. The molecule has 4 nitrogen and oxygen atoms in total. The van der Waals surface area contributed by atoms with Gasteiger partial charge < -0.3 is 10.6 Å². The van der Waals surface area contributed by atoms with Crippen molar-refractivity contribution < 1.29 is 0 Å². The average molecular weight is 241 g/mol. The molecule has 1 fully saturated rings. The number of nitrogens with two attached hydrogens (primary N) is 1. The van der Waals surface area contributed by atoms with Crippen LogP contribution in [0.4, 0.5) is 11.5 Å². The molecule has 2 N–H and O–H groups in total. The molecule has 1 heterocycles. The summed E-state index contributed by atoms with van der Waals surface area (Å²) in [5.41, 5.74) is 6.40. The molecule has 1 saturated carbocycles. The van der Waals surface area contributed by atoms with Crippen molar-refractivity contribution in [1.29, 1.82) is 0 Å². The van der Waals surface area contributed by atoms with Gasteiger partial charge in [-0.1, -0.05) is 11.6 Å². The highest BCUT2D eigenvalue weighted by molar-refractivity contribution is 6.32. The number of hydrogen-bond donors (Lipinski definition) is 1. The van der Waals surface area contributed by atoms with Gasteiger partial charge in [-0.15, -0.1) is 0 Å². The first kappa shape index (κ1) is 11.5. The molecule has 0 spiro atoms. The summed E-state index contributed by atoms with van der Waals surface area (Å²) in [6.07, 6.45) is 4.08. The van der Waals surface area contributed by atoms with Crippen LogP contribution in [0.5, 0.6) is 0 Å². The SMILES string of the molecule is CC(C)N(CC1CC1)c1ncnc(Cl)c1N. The lowest BCUT2D eigenvalue weighted by molar-refractivity contribution is 0.637. The van der Waals surface area contributed by atoms with Gasteiger partial charge in [-0.3, -0.25) is 0 Å². The molecule has 2 rings (SSSR count). The van der Waals surface area contributed by atoms with Crippen molar-refractivity contribution in [3.8, 4) is 0 Å². The molecule has 0 atom stereocenters. The van der Waals surface area contributed by atoms with Crippen LogP contribution in [-0.2, 0) is 0 Å². The fourth-order valence-corrected chi connectivity index (χ4v) is 1.84. The van der Waals surface area contributed by atoms with Crippen molar-refractivity contribution in [2.45, 2.75) is 32.7 Å². The highest BCUT2D eigenvalue weighted by atomic mass is 35.5. The quantitative estimate of drug-likeness (QED) is 0.821. The van der Waals surface area contributed by atoms with Gasteiger partial charge in [0, 0.05) is 12.6 Å². The predicted octanol–water partition coefficient (Wildman–Crippen LogP) is 2.34. The summed E-state index contributed by atoms with van der Waals surface area (Å²) in [5.74, 6) is 1.55. The minimum absolute atomic E-state index is 0.339. The number of rotatable bonds is 4. The summed E-state index contributed by atoms with van der Waals surface area (Å²) in [7, 11) is 0.